The van der Waals surface area contributed by atoms with Crippen LogP contribution in [-0.4, -0.2) is 11.6 Å². The topological polar surface area (TPSA) is 52.3 Å². The Kier molecular flexibility index (Phi) is 5.71. The number of carbonyl (C=O) groups is 1. The summed E-state index contributed by atoms with van der Waals surface area (Å²) < 4.78 is 5.65. The molecule has 0 bridgehead atoms. The van der Waals surface area contributed by atoms with Crippen LogP contribution in [0, 0.1) is 0 Å². The fourth-order valence-electron chi connectivity index (χ4n) is 2.79. The summed E-state index contributed by atoms with van der Waals surface area (Å²) in [5.41, 5.74) is 6.11. The van der Waals surface area contributed by atoms with Crippen molar-refractivity contribution < 1.29 is 9.53 Å². The van der Waals surface area contributed by atoms with Gasteiger partial charge in [-0.25, -0.2) is 4.79 Å². The molecule has 0 heterocycles. The zero-order valence-corrected chi connectivity index (χ0v) is 15.6. The molecule has 0 unspecified atom stereocenters. The Morgan fingerprint density at radius 1 is 1.16 bits per heavy atom. The van der Waals surface area contributed by atoms with Gasteiger partial charge in [0.1, 0.15) is 5.60 Å². The van der Waals surface area contributed by atoms with E-state index < -0.39 is 23.0 Å². The predicted molar refractivity (Wildman–Crippen MR) is 103 cm³/mol. The van der Waals surface area contributed by atoms with Gasteiger partial charge in [-0.05, 0) is 44.0 Å². The van der Waals surface area contributed by atoms with Gasteiger partial charge >= 0.3 is 5.97 Å². The number of benzene rings is 2. The molecule has 4 heteroatoms. The van der Waals surface area contributed by atoms with Crippen molar-refractivity contribution in [1.29, 1.82) is 0 Å². The molecular weight excluding hydrogens is 334 g/mol. The zero-order valence-electron chi connectivity index (χ0n) is 14.8. The van der Waals surface area contributed by atoms with Crippen molar-refractivity contribution in [2.75, 3.05) is 0 Å². The van der Waals surface area contributed by atoms with Gasteiger partial charge in [-0.1, -0.05) is 60.1 Å². The van der Waals surface area contributed by atoms with Crippen LogP contribution in [0.5, 0.6) is 0 Å². The van der Waals surface area contributed by atoms with E-state index in [1.807, 2.05) is 63.2 Å². The van der Waals surface area contributed by atoms with E-state index in [1.165, 1.54) is 0 Å². The van der Waals surface area contributed by atoms with Crippen LogP contribution in [0.2, 0.25) is 5.02 Å². The van der Waals surface area contributed by atoms with Crippen molar-refractivity contribution in [3.8, 4) is 0 Å². The molecule has 0 saturated heterocycles. The van der Waals surface area contributed by atoms with Crippen molar-refractivity contribution >= 4 is 17.6 Å². The Balaban J connectivity index is 2.61. The molecule has 0 aromatic heterocycles. The highest BCUT2D eigenvalue weighted by Crippen LogP contribution is 2.38. The van der Waals surface area contributed by atoms with Crippen molar-refractivity contribution in [2.45, 2.75) is 37.8 Å². The molecule has 0 fully saturated rings. The van der Waals surface area contributed by atoms with Crippen LogP contribution in [0.3, 0.4) is 0 Å². The predicted octanol–water partition coefficient (Wildman–Crippen LogP) is 4.81. The van der Waals surface area contributed by atoms with Gasteiger partial charge in [0, 0.05) is 10.9 Å². The fraction of sp³-hybridized carbons (Fsp3) is 0.286. The van der Waals surface area contributed by atoms with Gasteiger partial charge in [-0.15, -0.1) is 6.58 Å². The fourth-order valence-corrected chi connectivity index (χ4v) is 2.98. The molecular formula is C21H24ClNO2. The lowest BCUT2D eigenvalue weighted by Crippen LogP contribution is -2.52. The monoisotopic (exact) mass is 357 g/mol. The second-order valence-corrected chi connectivity index (χ2v) is 7.44. The number of carbonyl (C=O) groups excluding carboxylic acids is 1. The third kappa shape index (κ3) is 4.30. The van der Waals surface area contributed by atoms with E-state index >= 15 is 0 Å². The summed E-state index contributed by atoms with van der Waals surface area (Å²) in [4.78, 5) is 13.1. The third-order valence-electron chi connectivity index (χ3n) is 3.92. The van der Waals surface area contributed by atoms with Gasteiger partial charge in [-0.2, -0.15) is 0 Å². The van der Waals surface area contributed by atoms with E-state index in [4.69, 9.17) is 22.1 Å². The number of nitrogens with two attached hydrogens (primary N) is 1. The Hall–Kier alpha value is -2.10. The highest BCUT2D eigenvalue weighted by atomic mass is 35.5. The highest BCUT2D eigenvalue weighted by molar-refractivity contribution is 6.30. The number of hydrogen-bond acceptors (Lipinski definition) is 3. The maximum absolute atomic E-state index is 13.1. The Bertz CT molecular complexity index is 752. The van der Waals surface area contributed by atoms with Crippen LogP contribution in [0.15, 0.2) is 67.3 Å². The van der Waals surface area contributed by atoms with E-state index in [2.05, 4.69) is 6.58 Å². The minimum absolute atomic E-state index is 0.497. The van der Waals surface area contributed by atoms with E-state index in [9.17, 15) is 4.79 Å². The lowest BCUT2D eigenvalue weighted by Gasteiger charge is -2.36. The van der Waals surface area contributed by atoms with E-state index in [1.54, 1.807) is 18.2 Å². The van der Waals surface area contributed by atoms with Gasteiger partial charge in [0.2, 0.25) is 0 Å². The molecule has 0 aliphatic carbocycles. The average Bonchev–Trinajstić information content (AvgIpc) is 2.54. The summed E-state index contributed by atoms with van der Waals surface area (Å²) in [6.45, 7) is 9.36. The number of halogens is 1. The number of ether oxygens (including phenoxy) is 1. The maximum Gasteiger partial charge on any atom is 0.332 e. The normalized spacial score (nSPS) is 15.1. The maximum atomic E-state index is 13.1. The second-order valence-electron chi connectivity index (χ2n) is 7.01. The van der Waals surface area contributed by atoms with Gasteiger partial charge in [0.15, 0.2) is 5.54 Å². The van der Waals surface area contributed by atoms with Crippen LogP contribution in [0.25, 0.3) is 0 Å². The minimum Gasteiger partial charge on any atom is -0.458 e. The lowest BCUT2D eigenvalue weighted by atomic mass is 9.75. The van der Waals surface area contributed by atoms with Crippen LogP contribution in [0.1, 0.15) is 37.8 Å². The number of rotatable bonds is 5. The molecule has 2 atom stereocenters. The summed E-state index contributed by atoms with van der Waals surface area (Å²) in [6.07, 6.45) is 1.67. The molecule has 0 saturated carbocycles. The highest BCUT2D eigenvalue weighted by Gasteiger charge is 2.46. The number of esters is 1. The molecule has 3 nitrogen and oxygen atoms in total. The zero-order chi connectivity index (χ0) is 18.7. The molecule has 25 heavy (non-hydrogen) atoms. The first-order chi connectivity index (χ1) is 11.7. The number of hydrogen-bond donors (Lipinski definition) is 1. The standard InChI is InChI=1S/C21H24ClNO2/c1-5-18(15-10-9-13-17(22)14-15)21(23,16-11-7-6-8-12-16)19(24)25-20(2,3)4/h5-14,18H,1,23H2,2-4H3/t18-,21+/m0/s1. The van der Waals surface area contributed by atoms with Crippen molar-refractivity contribution in [2.24, 2.45) is 5.73 Å². The molecule has 0 aliphatic rings. The molecule has 2 aromatic rings. The first kappa shape index (κ1) is 19.2. The molecule has 0 spiro atoms. The van der Waals surface area contributed by atoms with Crippen LogP contribution in [0.4, 0.5) is 0 Å². The summed E-state index contributed by atoms with van der Waals surface area (Å²) in [5, 5.41) is 0.573. The Labute approximate surface area is 154 Å². The third-order valence-corrected chi connectivity index (χ3v) is 4.16. The molecule has 2 aromatic carbocycles. The molecule has 132 valence electrons. The summed E-state index contributed by atoms with van der Waals surface area (Å²) in [7, 11) is 0. The summed E-state index contributed by atoms with van der Waals surface area (Å²) in [6, 6.07) is 16.5. The Morgan fingerprint density at radius 3 is 2.32 bits per heavy atom. The van der Waals surface area contributed by atoms with Gasteiger partial charge in [0.25, 0.3) is 0 Å². The van der Waals surface area contributed by atoms with Gasteiger partial charge in [-0.3, -0.25) is 0 Å². The molecule has 0 amide bonds. The molecule has 2 N–H and O–H groups in total. The smallest absolute Gasteiger partial charge is 0.332 e. The van der Waals surface area contributed by atoms with Crippen molar-refractivity contribution in [3.63, 3.8) is 0 Å². The first-order valence-electron chi connectivity index (χ1n) is 8.14. The largest absolute Gasteiger partial charge is 0.458 e. The SMILES string of the molecule is C=C[C@@H](c1cccc(Cl)c1)[C@@](N)(C(=O)OC(C)(C)C)c1ccccc1. The lowest BCUT2D eigenvalue weighted by molar-refractivity contribution is -0.162. The molecule has 0 radical (unpaired) electrons. The van der Waals surface area contributed by atoms with E-state index in [0.717, 1.165) is 5.56 Å². The van der Waals surface area contributed by atoms with E-state index in [-0.39, 0.29) is 0 Å². The average molecular weight is 358 g/mol. The van der Waals surface area contributed by atoms with Crippen LogP contribution in [-0.2, 0) is 15.1 Å². The second kappa shape index (κ2) is 7.42. The van der Waals surface area contributed by atoms with E-state index in [0.29, 0.717) is 10.6 Å². The quantitative estimate of drug-likeness (QED) is 0.617. The van der Waals surface area contributed by atoms with Gasteiger partial charge in [0.05, 0.1) is 0 Å². The first-order valence-corrected chi connectivity index (χ1v) is 8.52. The Morgan fingerprint density at radius 2 is 1.80 bits per heavy atom. The van der Waals surface area contributed by atoms with Crippen LogP contribution < -0.4 is 5.73 Å². The summed E-state index contributed by atoms with van der Waals surface area (Å²) >= 11 is 6.14. The van der Waals surface area contributed by atoms with Crippen molar-refractivity contribution in [3.05, 3.63) is 83.4 Å². The van der Waals surface area contributed by atoms with Gasteiger partial charge < -0.3 is 10.5 Å². The molecule has 0 aliphatic heterocycles. The summed E-state index contributed by atoms with van der Waals surface area (Å²) in [5.74, 6) is -1.00. The van der Waals surface area contributed by atoms with Crippen molar-refractivity contribution in [1.82, 2.24) is 0 Å². The minimum atomic E-state index is -1.42. The van der Waals surface area contributed by atoms with Crippen LogP contribution >= 0.6 is 11.6 Å². The molecule has 2 rings (SSSR count).